The molecule has 0 aliphatic carbocycles. The monoisotopic (exact) mass is 288 g/mol. The normalized spacial score (nSPS) is 22.3. The minimum Gasteiger partial charge on any atom is -0.395 e. The van der Waals surface area contributed by atoms with E-state index in [1.165, 1.54) is 18.4 Å². The molecule has 0 radical (unpaired) electrons. The second-order valence-electron chi connectivity index (χ2n) is 6.04. The maximum absolute atomic E-state index is 12.5. The number of anilines is 1. The first kappa shape index (κ1) is 14.5. The predicted octanol–water partition coefficient (Wildman–Crippen LogP) is 1.81. The van der Waals surface area contributed by atoms with Crippen molar-refractivity contribution in [1.29, 1.82) is 0 Å². The summed E-state index contributed by atoms with van der Waals surface area (Å²) in [6.45, 7) is 2.79. The third-order valence-electron chi connectivity index (χ3n) is 4.76. The number of hydrogen-bond acceptors (Lipinski definition) is 3. The Kier molecular flexibility index (Phi) is 4.56. The van der Waals surface area contributed by atoms with E-state index in [4.69, 9.17) is 0 Å². The van der Waals surface area contributed by atoms with Crippen LogP contribution in [-0.2, 0) is 11.2 Å². The quantitative estimate of drug-likeness (QED) is 0.919. The number of amides is 1. The minimum atomic E-state index is 0.209. The van der Waals surface area contributed by atoms with Crippen LogP contribution in [0.3, 0.4) is 0 Å². The van der Waals surface area contributed by atoms with E-state index in [2.05, 4.69) is 11.0 Å². The molecule has 2 aliphatic rings. The van der Waals surface area contributed by atoms with Crippen LogP contribution in [0.1, 0.15) is 31.2 Å². The van der Waals surface area contributed by atoms with Crippen LogP contribution < -0.4 is 4.90 Å². The van der Waals surface area contributed by atoms with Crippen LogP contribution in [0.5, 0.6) is 0 Å². The van der Waals surface area contributed by atoms with Crippen LogP contribution in [-0.4, -0.2) is 48.2 Å². The third-order valence-corrected chi connectivity index (χ3v) is 4.76. The van der Waals surface area contributed by atoms with Gasteiger partial charge in [0, 0.05) is 31.2 Å². The van der Waals surface area contributed by atoms with Gasteiger partial charge in [0.1, 0.15) is 0 Å². The van der Waals surface area contributed by atoms with E-state index in [0.29, 0.717) is 6.42 Å². The van der Waals surface area contributed by atoms with Crippen molar-refractivity contribution < 1.29 is 9.90 Å². The molecule has 1 amide bonds. The number of carbonyl (C=O) groups is 1. The Balaban J connectivity index is 1.57. The van der Waals surface area contributed by atoms with Crippen molar-refractivity contribution in [1.82, 2.24) is 4.90 Å². The second kappa shape index (κ2) is 6.58. The lowest BCUT2D eigenvalue weighted by molar-refractivity contribution is -0.119. The molecule has 0 aromatic heterocycles. The van der Waals surface area contributed by atoms with Gasteiger partial charge in [0.05, 0.1) is 6.61 Å². The first-order valence-corrected chi connectivity index (χ1v) is 8.03. The van der Waals surface area contributed by atoms with E-state index >= 15 is 0 Å². The molecule has 0 saturated carbocycles. The number of rotatable bonds is 4. The molecule has 3 rings (SSSR count). The molecule has 1 unspecified atom stereocenters. The van der Waals surface area contributed by atoms with Crippen LogP contribution in [0.4, 0.5) is 5.69 Å². The number of fused-ring (bicyclic) bond motifs is 1. The molecule has 4 heteroatoms. The average molecular weight is 288 g/mol. The zero-order chi connectivity index (χ0) is 14.7. The van der Waals surface area contributed by atoms with Crippen LogP contribution in [0.15, 0.2) is 24.3 Å². The largest absolute Gasteiger partial charge is 0.395 e. The molecule has 1 saturated heterocycles. The summed E-state index contributed by atoms with van der Waals surface area (Å²) in [5, 5.41) is 9.43. The molecular weight excluding hydrogens is 264 g/mol. The summed E-state index contributed by atoms with van der Waals surface area (Å²) in [7, 11) is 0. The van der Waals surface area contributed by atoms with Gasteiger partial charge in [-0.1, -0.05) is 24.6 Å². The summed E-state index contributed by atoms with van der Waals surface area (Å²) in [6.07, 6.45) is 4.93. The highest BCUT2D eigenvalue weighted by Gasteiger charge is 2.26. The van der Waals surface area contributed by atoms with Crippen LogP contribution in [0.25, 0.3) is 0 Å². The van der Waals surface area contributed by atoms with Crippen LogP contribution in [0, 0.1) is 0 Å². The van der Waals surface area contributed by atoms with E-state index < -0.39 is 0 Å². The Morgan fingerprint density at radius 3 is 2.95 bits per heavy atom. The first-order chi connectivity index (χ1) is 10.3. The Hall–Kier alpha value is -1.39. The molecule has 2 aliphatic heterocycles. The highest BCUT2D eigenvalue weighted by atomic mass is 16.3. The van der Waals surface area contributed by atoms with Gasteiger partial charge < -0.3 is 10.0 Å². The lowest BCUT2D eigenvalue weighted by Gasteiger charge is -2.34. The fourth-order valence-electron chi connectivity index (χ4n) is 3.53. The summed E-state index contributed by atoms with van der Waals surface area (Å²) >= 11 is 0. The highest BCUT2D eigenvalue weighted by molar-refractivity contribution is 5.95. The second-order valence-corrected chi connectivity index (χ2v) is 6.04. The molecule has 2 heterocycles. The smallest absolute Gasteiger partial charge is 0.228 e. The number of para-hydroxylation sites is 1. The predicted molar refractivity (Wildman–Crippen MR) is 83.4 cm³/mol. The van der Waals surface area contributed by atoms with E-state index in [0.717, 1.165) is 38.2 Å². The van der Waals surface area contributed by atoms with Gasteiger partial charge in [-0.05, 0) is 37.4 Å². The lowest BCUT2D eigenvalue weighted by atomic mass is 10.0. The fraction of sp³-hybridized carbons (Fsp3) is 0.588. The van der Waals surface area contributed by atoms with Crippen molar-refractivity contribution in [2.24, 2.45) is 0 Å². The Labute approximate surface area is 126 Å². The molecule has 1 fully saturated rings. The number of nitrogens with zero attached hydrogens (tertiary/aromatic N) is 2. The third kappa shape index (κ3) is 3.11. The van der Waals surface area contributed by atoms with Crippen molar-refractivity contribution in [2.75, 3.05) is 31.1 Å². The Morgan fingerprint density at radius 2 is 2.10 bits per heavy atom. The fourth-order valence-corrected chi connectivity index (χ4v) is 3.53. The number of aliphatic hydroxyl groups excluding tert-OH is 1. The molecule has 1 aromatic carbocycles. The van der Waals surface area contributed by atoms with Gasteiger partial charge in [-0.3, -0.25) is 9.69 Å². The zero-order valence-corrected chi connectivity index (χ0v) is 12.5. The van der Waals surface area contributed by atoms with Gasteiger partial charge in [-0.25, -0.2) is 0 Å². The number of likely N-dealkylation sites (tertiary alicyclic amines) is 1. The standard InChI is InChI=1S/C17H24N2O2/c20-13-15-6-3-4-10-18(15)11-9-17(21)19-12-8-14-5-1-2-7-16(14)19/h1-2,5,7,15,20H,3-4,6,8-13H2. The summed E-state index contributed by atoms with van der Waals surface area (Å²) in [4.78, 5) is 16.7. The van der Waals surface area contributed by atoms with E-state index in [-0.39, 0.29) is 18.6 Å². The SMILES string of the molecule is O=C(CCN1CCCCC1CO)N1CCc2ccccc21. The van der Waals surface area contributed by atoms with E-state index in [1.807, 2.05) is 23.1 Å². The van der Waals surface area contributed by atoms with Crippen molar-refractivity contribution in [2.45, 2.75) is 38.1 Å². The van der Waals surface area contributed by atoms with Gasteiger partial charge in [0.2, 0.25) is 5.91 Å². The lowest BCUT2D eigenvalue weighted by Crippen LogP contribution is -2.43. The Morgan fingerprint density at radius 1 is 1.24 bits per heavy atom. The molecular formula is C17H24N2O2. The number of carbonyl (C=O) groups excluding carboxylic acids is 1. The summed E-state index contributed by atoms with van der Waals surface area (Å²) in [6, 6.07) is 8.42. The van der Waals surface area contributed by atoms with E-state index in [9.17, 15) is 9.90 Å². The molecule has 1 N–H and O–H groups in total. The highest BCUT2D eigenvalue weighted by Crippen LogP contribution is 2.28. The van der Waals surface area contributed by atoms with Crippen molar-refractivity contribution in [3.63, 3.8) is 0 Å². The van der Waals surface area contributed by atoms with Crippen LogP contribution in [0.2, 0.25) is 0 Å². The maximum Gasteiger partial charge on any atom is 0.228 e. The molecule has 1 aromatic rings. The van der Waals surface area contributed by atoms with Crippen molar-refractivity contribution >= 4 is 11.6 Å². The van der Waals surface area contributed by atoms with Crippen molar-refractivity contribution in [3.05, 3.63) is 29.8 Å². The van der Waals surface area contributed by atoms with Gasteiger partial charge >= 0.3 is 0 Å². The number of piperidine rings is 1. The van der Waals surface area contributed by atoms with Crippen molar-refractivity contribution in [3.8, 4) is 0 Å². The van der Waals surface area contributed by atoms with Gasteiger partial charge in [0.15, 0.2) is 0 Å². The molecule has 4 nitrogen and oxygen atoms in total. The molecule has 1 atom stereocenters. The van der Waals surface area contributed by atoms with E-state index in [1.54, 1.807) is 0 Å². The zero-order valence-electron chi connectivity index (χ0n) is 12.5. The summed E-state index contributed by atoms with van der Waals surface area (Å²) < 4.78 is 0. The van der Waals surface area contributed by atoms with Gasteiger partial charge in [-0.2, -0.15) is 0 Å². The molecule has 114 valence electrons. The first-order valence-electron chi connectivity index (χ1n) is 8.03. The number of aliphatic hydroxyl groups is 1. The van der Waals surface area contributed by atoms with Gasteiger partial charge in [-0.15, -0.1) is 0 Å². The Bertz CT molecular complexity index is 503. The molecule has 21 heavy (non-hydrogen) atoms. The molecule has 0 spiro atoms. The topological polar surface area (TPSA) is 43.8 Å². The minimum absolute atomic E-state index is 0.209. The number of benzene rings is 1. The maximum atomic E-state index is 12.5. The summed E-state index contributed by atoms with van der Waals surface area (Å²) in [5.74, 6) is 0.210. The van der Waals surface area contributed by atoms with Crippen LogP contribution >= 0.6 is 0 Å². The summed E-state index contributed by atoms with van der Waals surface area (Å²) in [5.41, 5.74) is 2.36. The average Bonchev–Trinajstić information content (AvgIpc) is 2.97. The van der Waals surface area contributed by atoms with Gasteiger partial charge in [0.25, 0.3) is 0 Å². The molecule has 0 bridgehead atoms. The number of hydrogen-bond donors (Lipinski definition) is 1.